The normalized spacial score (nSPS) is 10.8. The van der Waals surface area contributed by atoms with E-state index in [4.69, 9.17) is 16.3 Å². The molecular formula is C23H20ClN3O2. The van der Waals surface area contributed by atoms with Gasteiger partial charge in [-0.2, -0.15) is 5.10 Å². The van der Waals surface area contributed by atoms with Gasteiger partial charge in [-0.05, 0) is 41.5 Å². The number of anilines is 1. The lowest BCUT2D eigenvalue weighted by molar-refractivity contribution is -0.118. The maximum absolute atomic E-state index is 12.3. The first-order valence-corrected chi connectivity index (χ1v) is 9.65. The molecule has 0 aliphatic rings. The molecule has 1 amide bonds. The summed E-state index contributed by atoms with van der Waals surface area (Å²) < 4.78 is 7.44. The van der Waals surface area contributed by atoms with E-state index in [0.717, 1.165) is 22.0 Å². The Morgan fingerprint density at radius 1 is 1.03 bits per heavy atom. The van der Waals surface area contributed by atoms with Gasteiger partial charge in [0.15, 0.2) is 12.4 Å². The van der Waals surface area contributed by atoms with Crippen molar-refractivity contribution in [3.05, 3.63) is 89.1 Å². The number of nitrogens with zero attached hydrogens (tertiary/aromatic N) is 2. The summed E-state index contributed by atoms with van der Waals surface area (Å²) >= 11 is 6.23. The molecule has 1 N–H and O–H groups in total. The van der Waals surface area contributed by atoms with E-state index in [9.17, 15) is 4.79 Å². The van der Waals surface area contributed by atoms with Crippen molar-refractivity contribution < 1.29 is 9.53 Å². The lowest BCUT2D eigenvalue weighted by Gasteiger charge is -2.07. The molecule has 0 aliphatic carbocycles. The number of amides is 1. The highest BCUT2D eigenvalue weighted by Gasteiger charge is 2.10. The van der Waals surface area contributed by atoms with Crippen LogP contribution in [0.4, 0.5) is 5.82 Å². The average molecular weight is 406 g/mol. The second-order valence-corrected chi connectivity index (χ2v) is 7.17. The molecule has 3 aromatic carbocycles. The second-order valence-electron chi connectivity index (χ2n) is 6.77. The van der Waals surface area contributed by atoms with E-state index in [1.54, 1.807) is 4.68 Å². The average Bonchev–Trinajstić information content (AvgIpc) is 3.06. The zero-order valence-corrected chi connectivity index (χ0v) is 16.7. The summed E-state index contributed by atoms with van der Waals surface area (Å²) in [6.45, 7) is 2.38. The summed E-state index contributed by atoms with van der Waals surface area (Å²) in [5.41, 5.74) is 1.90. The molecular weight excluding hydrogens is 386 g/mol. The van der Waals surface area contributed by atoms with Gasteiger partial charge in [-0.1, -0.05) is 60.1 Å². The fourth-order valence-electron chi connectivity index (χ4n) is 3.10. The zero-order chi connectivity index (χ0) is 20.2. The van der Waals surface area contributed by atoms with Gasteiger partial charge in [-0.3, -0.25) is 9.48 Å². The Morgan fingerprint density at radius 2 is 1.79 bits per heavy atom. The molecule has 4 aromatic rings. The van der Waals surface area contributed by atoms with Crippen LogP contribution in [0.5, 0.6) is 5.75 Å². The second kappa shape index (κ2) is 8.37. The molecule has 0 spiro atoms. The van der Waals surface area contributed by atoms with Crippen LogP contribution in [0.15, 0.2) is 72.8 Å². The Balaban J connectivity index is 1.37. The van der Waals surface area contributed by atoms with Crippen LogP contribution in [0.2, 0.25) is 5.02 Å². The van der Waals surface area contributed by atoms with Crippen LogP contribution in [0.1, 0.15) is 11.3 Å². The number of ether oxygens (including phenoxy) is 1. The van der Waals surface area contributed by atoms with Gasteiger partial charge in [0.05, 0.1) is 6.54 Å². The molecule has 1 aromatic heterocycles. The van der Waals surface area contributed by atoms with E-state index in [-0.39, 0.29) is 12.5 Å². The van der Waals surface area contributed by atoms with Crippen LogP contribution in [0, 0.1) is 6.92 Å². The molecule has 0 aliphatic heterocycles. The molecule has 4 rings (SSSR count). The van der Waals surface area contributed by atoms with Crippen LogP contribution in [-0.4, -0.2) is 22.3 Å². The van der Waals surface area contributed by atoms with Gasteiger partial charge in [0, 0.05) is 16.8 Å². The Bertz CT molecular complexity index is 1170. The van der Waals surface area contributed by atoms with Crippen LogP contribution in [0.3, 0.4) is 0 Å². The third-order valence-corrected chi connectivity index (χ3v) is 4.99. The first kappa shape index (κ1) is 19.0. The molecule has 0 saturated heterocycles. The summed E-state index contributed by atoms with van der Waals surface area (Å²) in [6.07, 6.45) is 0. The third-order valence-electron chi connectivity index (χ3n) is 4.62. The number of benzene rings is 3. The summed E-state index contributed by atoms with van der Waals surface area (Å²) in [6, 6.07) is 23.2. The lowest BCUT2D eigenvalue weighted by atomic mass is 10.1. The number of hydrogen-bond donors (Lipinski definition) is 1. The van der Waals surface area contributed by atoms with Crippen LogP contribution in [0.25, 0.3) is 10.8 Å². The van der Waals surface area contributed by atoms with Crippen LogP contribution in [-0.2, 0) is 11.3 Å². The predicted molar refractivity (Wildman–Crippen MR) is 116 cm³/mol. The standard InChI is InChI=1S/C23H20ClN3O2/c1-16-12-22(26-27(16)14-19-8-4-5-9-21(19)24)25-23(28)15-29-20-11-10-17-6-2-3-7-18(17)13-20/h2-13H,14-15H2,1H3,(H,25,26,28). The Labute approximate surface area is 173 Å². The largest absolute Gasteiger partial charge is 0.484 e. The highest BCUT2D eigenvalue weighted by Crippen LogP contribution is 2.21. The molecule has 29 heavy (non-hydrogen) atoms. The van der Waals surface area contributed by atoms with Gasteiger partial charge in [0.25, 0.3) is 5.91 Å². The van der Waals surface area contributed by atoms with E-state index in [0.29, 0.717) is 23.1 Å². The van der Waals surface area contributed by atoms with Gasteiger partial charge >= 0.3 is 0 Å². The number of halogens is 1. The minimum absolute atomic E-state index is 0.0885. The van der Waals surface area contributed by atoms with Crippen molar-refractivity contribution >= 4 is 34.1 Å². The van der Waals surface area contributed by atoms with E-state index in [1.807, 2.05) is 79.7 Å². The summed E-state index contributed by atoms with van der Waals surface area (Å²) in [5, 5.41) is 10.1. The SMILES string of the molecule is Cc1cc(NC(=O)COc2ccc3ccccc3c2)nn1Cc1ccccc1Cl. The molecule has 1 heterocycles. The summed E-state index contributed by atoms with van der Waals surface area (Å²) in [5.74, 6) is 0.876. The minimum atomic E-state index is -0.263. The smallest absolute Gasteiger partial charge is 0.263 e. The molecule has 0 bridgehead atoms. The van der Waals surface area contributed by atoms with Crippen molar-refractivity contribution in [2.75, 3.05) is 11.9 Å². The van der Waals surface area contributed by atoms with Crippen molar-refractivity contribution in [1.82, 2.24) is 9.78 Å². The third kappa shape index (κ3) is 4.58. The highest BCUT2D eigenvalue weighted by molar-refractivity contribution is 6.31. The number of carbonyl (C=O) groups is 1. The first-order valence-electron chi connectivity index (χ1n) is 9.28. The van der Waals surface area contributed by atoms with Gasteiger partial charge in [0.1, 0.15) is 5.75 Å². The molecule has 0 fully saturated rings. The molecule has 0 atom stereocenters. The molecule has 5 nitrogen and oxygen atoms in total. The van der Waals surface area contributed by atoms with Crippen molar-refractivity contribution in [2.45, 2.75) is 13.5 Å². The van der Waals surface area contributed by atoms with Crippen molar-refractivity contribution in [3.63, 3.8) is 0 Å². The van der Waals surface area contributed by atoms with E-state index >= 15 is 0 Å². The number of rotatable bonds is 6. The number of hydrogen-bond acceptors (Lipinski definition) is 3. The number of nitrogens with one attached hydrogen (secondary N) is 1. The fourth-order valence-corrected chi connectivity index (χ4v) is 3.30. The number of aryl methyl sites for hydroxylation is 1. The van der Waals surface area contributed by atoms with Crippen molar-refractivity contribution in [1.29, 1.82) is 0 Å². The van der Waals surface area contributed by atoms with E-state index < -0.39 is 0 Å². The Kier molecular flexibility index (Phi) is 5.49. The van der Waals surface area contributed by atoms with E-state index in [1.165, 1.54) is 0 Å². The maximum atomic E-state index is 12.3. The monoisotopic (exact) mass is 405 g/mol. The Morgan fingerprint density at radius 3 is 2.62 bits per heavy atom. The zero-order valence-electron chi connectivity index (χ0n) is 15.9. The van der Waals surface area contributed by atoms with Gasteiger partial charge in [-0.25, -0.2) is 0 Å². The van der Waals surface area contributed by atoms with Crippen LogP contribution >= 0.6 is 11.6 Å². The first-order chi connectivity index (χ1) is 14.1. The lowest BCUT2D eigenvalue weighted by Crippen LogP contribution is -2.20. The van der Waals surface area contributed by atoms with Gasteiger partial charge in [0.2, 0.25) is 0 Å². The minimum Gasteiger partial charge on any atom is -0.484 e. The summed E-state index contributed by atoms with van der Waals surface area (Å²) in [7, 11) is 0. The van der Waals surface area contributed by atoms with Crippen molar-refractivity contribution in [3.8, 4) is 5.75 Å². The molecule has 146 valence electrons. The molecule has 0 unspecified atom stereocenters. The molecule has 0 saturated carbocycles. The highest BCUT2D eigenvalue weighted by atomic mass is 35.5. The number of aromatic nitrogens is 2. The maximum Gasteiger partial charge on any atom is 0.263 e. The van der Waals surface area contributed by atoms with Crippen molar-refractivity contribution in [2.24, 2.45) is 0 Å². The topological polar surface area (TPSA) is 56.1 Å². The van der Waals surface area contributed by atoms with Gasteiger partial charge in [-0.15, -0.1) is 0 Å². The predicted octanol–water partition coefficient (Wildman–Crippen LogP) is 5.06. The molecule has 6 heteroatoms. The van der Waals surface area contributed by atoms with Crippen LogP contribution < -0.4 is 10.1 Å². The molecule has 0 radical (unpaired) electrons. The fraction of sp³-hybridized carbons (Fsp3) is 0.130. The Hall–Kier alpha value is -3.31. The summed E-state index contributed by atoms with van der Waals surface area (Å²) in [4.78, 5) is 12.3. The number of fused-ring (bicyclic) bond motifs is 1. The number of carbonyl (C=O) groups excluding carboxylic acids is 1. The van der Waals surface area contributed by atoms with E-state index in [2.05, 4.69) is 10.4 Å². The van der Waals surface area contributed by atoms with Gasteiger partial charge < -0.3 is 10.1 Å². The quantitative estimate of drug-likeness (QED) is 0.487.